The highest BCUT2D eigenvalue weighted by Gasteiger charge is 2.24. The average molecular weight is 294 g/mol. The summed E-state index contributed by atoms with van der Waals surface area (Å²) in [5.74, 6) is 0. The SMILES string of the molecule is Brc1ccc2c(c1)CC(NC1CCCCC1)C2. The first-order valence-electron chi connectivity index (χ1n) is 6.84. The molecule has 1 atom stereocenters. The summed E-state index contributed by atoms with van der Waals surface area (Å²) in [6.45, 7) is 0. The molecule has 2 aliphatic carbocycles. The van der Waals surface area contributed by atoms with Crippen LogP contribution in [0.2, 0.25) is 0 Å². The summed E-state index contributed by atoms with van der Waals surface area (Å²) in [6, 6.07) is 8.20. The minimum Gasteiger partial charge on any atom is -0.311 e. The summed E-state index contributed by atoms with van der Waals surface area (Å²) >= 11 is 3.56. The number of benzene rings is 1. The lowest BCUT2D eigenvalue weighted by Gasteiger charge is -2.26. The Morgan fingerprint density at radius 1 is 0.941 bits per heavy atom. The van der Waals surface area contributed by atoms with E-state index in [-0.39, 0.29) is 0 Å². The second-order valence-electron chi connectivity index (χ2n) is 5.52. The van der Waals surface area contributed by atoms with E-state index in [9.17, 15) is 0 Å². The van der Waals surface area contributed by atoms with Gasteiger partial charge in [-0.2, -0.15) is 0 Å². The number of hydrogen-bond acceptors (Lipinski definition) is 1. The van der Waals surface area contributed by atoms with Crippen molar-refractivity contribution in [1.82, 2.24) is 5.32 Å². The van der Waals surface area contributed by atoms with Crippen LogP contribution >= 0.6 is 15.9 Å². The largest absolute Gasteiger partial charge is 0.311 e. The van der Waals surface area contributed by atoms with Crippen LogP contribution in [0.4, 0.5) is 0 Å². The van der Waals surface area contributed by atoms with Gasteiger partial charge >= 0.3 is 0 Å². The third-order valence-electron chi connectivity index (χ3n) is 4.18. The van der Waals surface area contributed by atoms with E-state index in [0.717, 1.165) is 6.04 Å². The quantitative estimate of drug-likeness (QED) is 0.874. The lowest BCUT2D eigenvalue weighted by molar-refractivity contribution is 0.339. The summed E-state index contributed by atoms with van der Waals surface area (Å²) in [5.41, 5.74) is 3.08. The third kappa shape index (κ3) is 2.74. The molecule has 0 bridgehead atoms. The van der Waals surface area contributed by atoms with Crippen molar-refractivity contribution in [2.45, 2.75) is 57.0 Å². The second-order valence-corrected chi connectivity index (χ2v) is 6.44. The molecule has 2 aliphatic rings. The van der Waals surface area contributed by atoms with E-state index >= 15 is 0 Å². The Kier molecular flexibility index (Phi) is 3.53. The fourth-order valence-electron chi connectivity index (χ4n) is 3.31. The molecule has 1 aromatic carbocycles. The maximum absolute atomic E-state index is 3.87. The van der Waals surface area contributed by atoms with Crippen molar-refractivity contribution in [3.8, 4) is 0 Å². The lowest BCUT2D eigenvalue weighted by atomic mass is 9.94. The van der Waals surface area contributed by atoms with E-state index in [1.165, 1.54) is 55.0 Å². The Hall–Kier alpha value is -0.340. The zero-order valence-electron chi connectivity index (χ0n) is 10.2. The smallest absolute Gasteiger partial charge is 0.0178 e. The highest BCUT2D eigenvalue weighted by molar-refractivity contribution is 9.10. The molecule has 0 radical (unpaired) electrons. The molecule has 3 rings (SSSR count). The van der Waals surface area contributed by atoms with E-state index < -0.39 is 0 Å². The Balaban J connectivity index is 1.61. The van der Waals surface area contributed by atoms with Gasteiger partial charge in [-0.05, 0) is 48.9 Å². The molecule has 0 heterocycles. The van der Waals surface area contributed by atoms with Crippen molar-refractivity contribution < 1.29 is 0 Å². The highest BCUT2D eigenvalue weighted by Crippen LogP contribution is 2.27. The van der Waals surface area contributed by atoms with Gasteiger partial charge < -0.3 is 5.32 Å². The van der Waals surface area contributed by atoms with Gasteiger partial charge in [-0.15, -0.1) is 0 Å². The van der Waals surface area contributed by atoms with Crippen LogP contribution in [0.15, 0.2) is 22.7 Å². The van der Waals surface area contributed by atoms with Gasteiger partial charge in [0.25, 0.3) is 0 Å². The summed E-state index contributed by atoms with van der Waals surface area (Å²) in [5, 5.41) is 3.87. The highest BCUT2D eigenvalue weighted by atomic mass is 79.9. The van der Waals surface area contributed by atoms with Gasteiger partial charge in [-0.25, -0.2) is 0 Å². The predicted molar refractivity (Wildman–Crippen MR) is 75.3 cm³/mol. The molecular formula is C15H20BrN. The van der Waals surface area contributed by atoms with Crippen molar-refractivity contribution in [2.75, 3.05) is 0 Å². The Morgan fingerprint density at radius 3 is 2.53 bits per heavy atom. The zero-order valence-corrected chi connectivity index (χ0v) is 11.8. The van der Waals surface area contributed by atoms with Crippen LogP contribution in [-0.2, 0) is 12.8 Å². The third-order valence-corrected chi connectivity index (χ3v) is 4.67. The molecule has 0 amide bonds. The first-order chi connectivity index (χ1) is 8.31. The minimum atomic E-state index is 0.683. The van der Waals surface area contributed by atoms with Crippen molar-refractivity contribution in [3.05, 3.63) is 33.8 Å². The van der Waals surface area contributed by atoms with Crippen LogP contribution in [0.3, 0.4) is 0 Å². The van der Waals surface area contributed by atoms with E-state index in [1.54, 1.807) is 5.56 Å². The van der Waals surface area contributed by atoms with Crippen LogP contribution in [0.25, 0.3) is 0 Å². The van der Waals surface area contributed by atoms with Gasteiger partial charge in [-0.1, -0.05) is 41.3 Å². The minimum absolute atomic E-state index is 0.683. The summed E-state index contributed by atoms with van der Waals surface area (Å²) in [7, 11) is 0. The predicted octanol–water partition coefficient (Wildman–Crippen LogP) is 3.84. The number of rotatable bonds is 2. The van der Waals surface area contributed by atoms with Gasteiger partial charge in [0.1, 0.15) is 0 Å². The van der Waals surface area contributed by atoms with Crippen molar-refractivity contribution in [3.63, 3.8) is 0 Å². The number of hydrogen-bond donors (Lipinski definition) is 1. The molecule has 1 aromatic rings. The molecule has 17 heavy (non-hydrogen) atoms. The lowest BCUT2D eigenvalue weighted by Crippen LogP contribution is -2.39. The fraction of sp³-hybridized carbons (Fsp3) is 0.600. The van der Waals surface area contributed by atoms with Crippen molar-refractivity contribution >= 4 is 15.9 Å². The van der Waals surface area contributed by atoms with E-state index in [1.807, 2.05) is 0 Å². The summed E-state index contributed by atoms with van der Waals surface area (Å²) in [4.78, 5) is 0. The molecule has 0 saturated heterocycles. The Bertz CT molecular complexity index is 396. The normalized spacial score (nSPS) is 24.9. The van der Waals surface area contributed by atoms with Gasteiger partial charge in [0.05, 0.1) is 0 Å². The van der Waals surface area contributed by atoms with Crippen molar-refractivity contribution in [1.29, 1.82) is 0 Å². The maximum atomic E-state index is 3.87. The van der Waals surface area contributed by atoms with Crippen LogP contribution in [0.1, 0.15) is 43.2 Å². The zero-order chi connectivity index (χ0) is 11.7. The monoisotopic (exact) mass is 293 g/mol. The summed E-state index contributed by atoms with van der Waals surface area (Å²) < 4.78 is 1.22. The first-order valence-corrected chi connectivity index (χ1v) is 7.64. The molecular weight excluding hydrogens is 274 g/mol. The van der Waals surface area contributed by atoms with Gasteiger partial charge in [0, 0.05) is 16.6 Å². The maximum Gasteiger partial charge on any atom is 0.0178 e. The molecule has 0 aromatic heterocycles. The van der Waals surface area contributed by atoms with Gasteiger partial charge in [-0.3, -0.25) is 0 Å². The Morgan fingerprint density at radius 2 is 1.71 bits per heavy atom. The molecule has 0 aliphatic heterocycles. The fourth-order valence-corrected chi connectivity index (χ4v) is 3.72. The molecule has 1 unspecified atom stereocenters. The van der Waals surface area contributed by atoms with Crippen molar-refractivity contribution in [2.24, 2.45) is 0 Å². The molecule has 1 saturated carbocycles. The van der Waals surface area contributed by atoms with Crippen LogP contribution in [0.5, 0.6) is 0 Å². The molecule has 2 heteroatoms. The number of nitrogens with one attached hydrogen (secondary N) is 1. The van der Waals surface area contributed by atoms with E-state index in [2.05, 4.69) is 39.4 Å². The summed E-state index contributed by atoms with van der Waals surface area (Å²) in [6.07, 6.45) is 9.49. The van der Waals surface area contributed by atoms with Crippen LogP contribution in [-0.4, -0.2) is 12.1 Å². The van der Waals surface area contributed by atoms with E-state index in [0.29, 0.717) is 6.04 Å². The Labute approximate surface area is 112 Å². The first kappa shape index (κ1) is 11.7. The second kappa shape index (κ2) is 5.11. The van der Waals surface area contributed by atoms with Crippen LogP contribution < -0.4 is 5.32 Å². The molecule has 92 valence electrons. The average Bonchev–Trinajstić information content (AvgIpc) is 2.71. The standard InChI is InChI=1S/C15H20BrN/c16-13-7-6-11-9-15(10-12(11)8-13)17-14-4-2-1-3-5-14/h6-8,14-15,17H,1-5,9-10H2. The molecule has 0 spiro atoms. The van der Waals surface area contributed by atoms with Crippen LogP contribution in [0, 0.1) is 0 Å². The molecule has 1 N–H and O–H groups in total. The topological polar surface area (TPSA) is 12.0 Å². The number of halogens is 1. The van der Waals surface area contributed by atoms with E-state index in [4.69, 9.17) is 0 Å². The number of fused-ring (bicyclic) bond motifs is 1. The van der Waals surface area contributed by atoms with Gasteiger partial charge in [0.2, 0.25) is 0 Å². The van der Waals surface area contributed by atoms with Gasteiger partial charge in [0.15, 0.2) is 0 Å². The molecule has 1 fully saturated rings. The molecule has 1 nitrogen and oxygen atoms in total.